The first-order valence-corrected chi connectivity index (χ1v) is 15.4. The highest BCUT2D eigenvalue weighted by atomic mass is 32.2. The molecule has 9 atom stereocenters. The molecular formula is C24H37O5S2+. The molecule has 174 valence electrons. The second-order valence-electron chi connectivity index (χ2n) is 11.7. The highest BCUT2D eigenvalue weighted by molar-refractivity contribution is 7.98. The summed E-state index contributed by atoms with van der Waals surface area (Å²) in [5.41, 5.74) is -1.39. The van der Waals surface area contributed by atoms with Crippen molar-refractivity contribution in [2.45, 2.75) is 88.6 Å². The summed E-state index contributed by atoms with van der Waals surface area (Å²) >= 11 is 0. The van der Waals surface area contributed by atoms with Crippen LogP contribution in [0.25, 0.3) is 0 Å². The average molecular weight is 470 g/mol. The van der Waals surface area contributed by atoms with Crippen molar-refractivity contribution in [1.82, 2.24) is 0 Å². The van der Waals surface area contributed by atoms with E-state index in [1.807, 2.05) is 13.8 Å². The minimum atomic E-state index is -4.17. The lowest BCUT2D eigenvalue weighted by atomic mass is 9.70. The van der Waals surface area contributed by atoms with Gasteiger partial charge in [0, 0.05) is 40.0 Å². The van der Waals surface area contributed by atoms with Gasteiger partial charge >= 0.3 is 0 Å². The third-order valence-corrected chi connectivity index (χ3v) is 14.4. The Hall–Kier alpha value is -0.400. The zero-order valence-electron chi connectivity index (χ0n) is 18.8. The highest BCUT2D eigenvalue weighted by Gasteiger charge is 2.74. The normalized spacial score (nSPS) is 48.0. The second-order valence-corrected chi connectivity index (χ2v) is 15.5. The van der Waals surface area contributed by atoms with Gasteiger partial charge in [-0.05, 0) is 57.3 Å². The Labute approximate surface area is 189 Å². The van der Waals surface area contributed by atoms with Crippen LogP contribution in [0.2, 0.25) is 0 Å². The fourth-order valence-corrected chi connectivity index (χ4v) is 13.9. The summed E-state index contributed by atoms with van der Waals surface area (Å²) in [6.07, 6.45) is 10.3. The highest BCUT2D eigenvalue weighted by Crippen LogP contribution is 2.67. The van der Waals surface area contributed by atoms with Gasteiger partial charge in [-0.3, -0.25) is 14.1 Å². The van der Waals surface area contributed by atoms with E-state index in [9.17, 15) is 22.6 Å². The molecule has 5 nitrogen and oxygen atoms in total. The van der Waals surface area contributed by atoms with Crippen LogP contribution in [0.1, 0.15) is 78.1 Å². The zero-order chi connectivity index (χ0) is 22.2. The SMILES string of the molecule is CC12CCC(C([S+](CC3CCCCC3=O)C3CC4CCC3C4)C1=O)C2(C)CS(=O)(=O)O. The van der Waals surface area contributed by atoms with Crippen molar-refractivity contribution in [1.29, 1.82) is 0 Å². The van der Waals surface area contributed by atoms with Gasteiger partial charge in [-0.2, -0.15) is 8.42 Å². The number of Topliss-reactive ketones (excluding diaryl/α,β-unsaturated/α-hetero) is 2. The maximum atomic E-state index is 14.0. The average Bonchev–Trinajstić information content (AvgIpc) is 3.40. The van der Waals surface area contributed by atoms with Crippen LogP contribution in [-0.4, -0.2) is 46.5 Å². The van der Waals surface area contributed by atoms with Crippen molar-refractivity contribution in [3.63, 3.8) is 0 Å². The molecule has 4 bridgehead atoms. The van der Waals surface area contributed by atoms with E-state index in [1.165, 1.54) is 25.7 Å². The molecule has 5 saturated carbocycles. The lowest BCUT2D eigenvalue weighted by molar-refractivity contribution is -0.128. The number of fused-ring (bicyclic) bond motifs is 4. The molecule has 31 heavy (non-hydrogen) atoms. The summed E-state index contributed by atoms with van der Waals surface area (Å²) in [5.74, 6) is 2.70. The number of carbonyl (C=O) groups is 2. The van der Waals surface area contributed by atoms with E-state index >= 15 is 0 Å². The van der Waals surface area contributed by atoms with E-state index in [2.05, 4.69) is 0 Å². The number of rotatable bonds is 6. The maximum absolute atomic E-state index is 14.0. The van der Waals surface area contributed by atoms with Crippen LogP contribution >= 0.6 is 0 Å². The molecule has 0 aromatic heterocycles. The molecule has 0 aromatic carbocycles. The van der Waals surface area contributed by atoms with Gasteiger partial charge in [-0.25, -0.2) is 0 Å². The Morgan fingerprint density at radius 3 is 2.45 bits per heavy atom. The summed E-state index contributed by atoms with van der Waals surface area (Å²) < 4.78 is 33.7. The first-order chi connectivity index (χ1) is 14.5. The fraction of sp³-hybridized carbons (Fsp3) is 0.917. The summed E-state index contributed by atoms with van der Waals surface area (Å²) in [6, 6.07) is 0. The minimum absolute atomic E-state index is 0.00748. The van der Waals surface area contributed by atoms with Gasteiger partial charge in [0.1, 0.15) is 16.8 Å². The van der Waals surface area contributed by atoms with Crippen LogP contribution in [0.3, 0.4) is 0 Å². The number of hydrogen-bond donors (Lipinski definition) is 1. The summed E-state index contributed by atoms with van der Waals surface area (Å²) in [7, 11) is -4.34. The van der Waals surface area contributed by atoms with Gasteiger partial charge in [0.05, 0.1) is 11.7 Å². The Kier molecular flexibility index (Phi) is 5.46. The van der Waals surface area contributed by atoms with Crippen molar-refractivity contribution in [3.8, 4) is 0 Å². The molecule has 0 amide bonds. The van der Waals surface area contributed by atoms with Crippen molar-refractivity contribution in [3.05, 3.63) is 0 Å². The van der Waals surface area contributed by atoms with Crippen LogP contribution in [0.15, 0.2) is 0 Å². The molecule has 0 aliphatic heterocycles. The Morgan fingerprint density at radius 1 is 1.06 bits per heavy atom. The van der Waals surface area contributed by atoms with Gasteiger partial charge in [0.2, 0.25) is 0 Å². The molecule has 9 unspecified atom stereocenters. The topological polar surface area (TPSA) is 88.5 Å². The van der Waals surface area contributed by atoms with Crippen LogP contribution in [0.4, 0.5) is 0 Å². The molecule has 0 spiro atoms. The van der Waals surface area contributed by atoms with E-state index in [0.29, 0.717) is 23.4 Å². The van der Waals surface area contributed by atoms with Crippen molar-refractivity contribution < 1.29 is 22.6 Å². The van der Waals surface area contributed by atoms with Crippen LogP contribution < -0.4 is 0 Å². The molecule has 0 aromatic rings. The second kappa shape index (κ2) is 7.56. The maximum Gasteiger partial charge on any atom is 0.265 e. The summed E-state index contributed by atoms with van der Waals surface area (Å²) in [5, 5.41) is 0.407. The van der Waals surface area contributed by atoms with E-state index < -0.39 is 20.9 Å². The molecule has 0 saturated heterocycles. The quantitative estimate of drug-likeness (QED) is 0.472. The predicted octanol–water partition coefficient (Wildman–Crippen LogP) is 3.81. The number of carbonyl (C=O) groups excluding carboxylic acids is 2. The fourth-order valence-electron chi connectivity index (χ4n) is 8.27. The van der Waals surface area contributed by atoms with E-state index in [0.717, 1.165) is 43.8 Å². The lowest BCUT2D eigenvalue weighted by Gasteiger charge is -2.34. The Balaban J connectivity index is 1.50. The van der Waals surface area contributed by atoms with Gasteiger partial charge in [0.15, 0.2) is 11.0 Å². The molecule has 0 radical (unpaired) electrons. The number of hydrogen-bond acceptors (Lipinski definition) is 4. The predicted molar refractivity (Wildman–Crippen MR) is 123 cm³/mol. The van der Waals surface area contributed by atoms with Gasteiger partial charge in [-0.1, -0.05) is 20.3 Å². The first kappa shape index (κ1) is 22.4. The van der Waals surface area contributed by atoms with Crippen LogP contribution in [-0.2, 0) is 30.6 Å². The largest absolute Gasteiger partial charge is 0.299 e. The van der Waals surface area contributed by atoms with Crippen molar-refractivity contribution in [2.75, 3.05) is 11.5 Å². The van der Waals surface area contributed by atoms with Crippen molar-refractivity contribution in [2.24, 2.45) is 34.5 Å². The smallest absolute Gasteiger partial charge is 0.265 e. The Morgan fingerprint density at radius 2 is 1.84 bits per heavy atom. The minimum Gasteiger partial charge on any atom is -0.299 e. The van der Waals surface area contributed by atoms with Crippen LogP contribution in [0, 0.1) is 34.5 Å². The van der Waals surface area contributed by atoms with Gasteiger partial charge < -0.3 is 0 Å². The monoisotopic (exact) mass is 469 g/mol. The molecule has 1 N–H and O–H groups in total. The first-order valence-electron chi connectivity index (χ1n) is 12.2. The molecule has 5 rings (SSSR count). The van der Waals surface area contributed by atoms with Gasteiger partial charge in [-0.15, -0.1) is 0 Å². The molecule has 5 aliphatic carbocycles. The third kappa shape index (κ3) is 3.47. The third-order valence-electron chi connectivity index (χ3n) is 10.1. The molecule has 5 aliphatic rings. The number of ketones is 2. The Bertz CT molecular complexity index is 884. The molecule has 7 heteroatoms. The van der Waals surface area contributed by atoms with E-state index in [4.69, 9.17) is 0 Å². The standard InChI is InChI=1S/C24H36O5S2/c1-23-10-9-18(24(23,2)14-31(27,28)29)21(22(23)26)30(13-17-5-3-4-6-19(17)25)20-12-15-7-8-16(20)11-15/h15-18,20-21H,3-14H2,1-2H3/p+1. The van der Waals surface area contributed by atoms with Crippen LogP contribution in [0.5, 0.6) is 0 Å². The van der Waals surface area contributed by atoms with E-state index in [1.54, 1.807) is 0 Å². The molecule has 5 fully saturated rings. The summed E-state index contributed by atoms with van der Waals surface area (Å²) in [4.78, 5) is 26.7. The van der Waals surface area contributed by atoms with Crippen molar-refractivity contribution >= 4 is 32.6 Å². The lowest BCUT2D eigenvalue weighted by Crippen LogP contribution is -2.48. The van der Waals surface area contributed by atoms with E-state index in [-0.39, 0.29) is 39.5 Å². The molecule has 0 heterocycles. The molecular weight excluding hydrogens is 432 g/mol. The van der Waals surface area contributed by atoms with Gasteiger partial charge in [0.25, 0.3) is 10.1 Å². The zero-order valence-corrected chi connectivity index (χ0v) is 20.5. The summed E-state index contributed by atoms with van der Waals surface area (Å²) in [6.45, 7) is 3.89.